The average molecular weight is 609 g/mol. The first-order valence-corrected chi connectivity index (χ1v) is 15.1. The lowest BCUT2D eigenvalue weighted by Gasteiger charge is -2.30. The molecule has 0 amide bonds. The van der Waals surface area contributed by atoms with Crippen molar-refractivity contribution < 1.29 is 33.7 Å². The molecule has 1 aliphatic carbocycles. The number of hydrogen-bond donors (Lipinski definition) is 1. The molecule has 0 bridgehead atoms. The number of hydrogen-bond acceptors (Lipinski definition) is 7. The number of carbonyl (C=O) groups is 3. The zero-order valence-corrected chi connectivity index (χ0v) is 26.0. The smallest absolute Gasteiger partial charge is 0.341 e. The number of carbonyl (C=O) groups excluding carboxylic acids is 3. The molecule has 0 spiro atoms. The Kier molecular flexibility index (Phi) is 11.3. The molecule has 3 aromatic rings. The first-order valence-electron chi connectivity index (χ1n) is 15.1. The molecular weight excluding hydrogens is 568 g/mol. The van der Waals surface area contributed by atoms with E-state index in [0.29, 0.717) is 35.2 Å². The summed E-state index contributed by atoms with van der Waals surface area (Å²) in [4.78, 5) is 35.9. The van der Waals surface area contributed by atoms with Gasteiger partial charge in [0.05, 0.1) is 18.8 Å². The maximum atomic E-state index is 12.3. The number of benzene rings is 3. The van der Waals surface area contributed by atoms with E-state index in [1.54, 1.807) is 32.0 Å². The molecule has 7 heteroatoms. The number of esters is 3. The summed E-state index contributed by atoms with van der Waals surface area (Å²) < 4.78 is 16.2. The molecule has 0 atom stereocenters. The van der Waals surface area contributed by atoms with Crippen molar-refractivity contribution in [3.63, 3.8) is 0 Å². The van der Waals surface area contributed by atoms with Crippen molar-refractivity contribution in [1.82, 2.24) is 0 Å². The zero-order valence-electron chi connectivity index (χ0n) is 26.0. The number of ether oxygens (including phenoxy) is 3. The van der Waals surface area contributed by atoms with Crippen LogP contribution in [0, 0.1) is 5.92 Å². The molecule has 0 aliphatic heterocycles. The van der Waals surface area contributed by atoms with Crippen LogP contribution in [0.5, 0.6) is 11.5 Å². The van der Waals surface area contributed by atoms with Crippen LogP contribution in [0.2, 0.25) is 0 Å². The predicted molar refractivity (Wildman–Crippen MR) is 175 cm³/mol. The van der Waals surface area contributed by atoms with E-state index in [4.69, 9.17) is 14.2 Å². The van der Waals surface area contributed by atoms with Gasteiger partial charge in [-0.2, -0.15) is 0 Å². The van der Waals surface area contributed by atoms with Gasteiger partial charge in [0.2, 0.25) is 0 Å². The van der Waals surface area contributed by atoms with Crippen molar-refractivity contribution in [3.8, 4) is 33.8 Å². The van der Waals surface area contributed by atoms with Crippen molar-refractivity contribution in [2.75, 3.05) is 13.2 Å². The van der Waals surface area contributed by atoms with E-state index in [0.717, 1.165) is 59.9 Å². The maximum Gasteiger partial charge on any atom is 0.341 e. The molecule has 0 heterocycles. The summed E-state index contributed by atoms with van der Waals surface area (Å²) in [5.74, 6) is 0.115. The summed E-state index contributed by atoms with van der Waals surface area (Å²) in [6, 6.07) is 21.2. The second-order valence-electron chi connectivity index (χ2n) is 11.6. The van der Waals surface area contributed by atoms with Crippen molar-refractivity contribution in [1.29, 1.82) is 0 Å². The Labute approximate surface area is 264 Å². The predicted octanol–water partition coefficient (Wildman–Crippen LogP) is 7.74. The van der Waals surface area contributed by atoms with Crippen molar-refractivity contribution >= 4 is 17.9 Å². The highest BCUT2D eigenvalue weighted by molar-refractivity contribution is 5.90. The van der Waals surface area contributed by atoms with E-state index in [2.05, 4.69) is 44.0 Å². The van der Waals surface area contributed by atoms with Crippen LogP contribution in [0.1, 0.15) is 57.4 Å². The van der Waals surface area contributed by atoms with E-state index < -0.39 is 18.5 Å². The van der Waals surface area contributed by atoms with Crippen LogP contribution < -0.4 is 9.47 Å². The Hall–Kier alpha value is -4.75. The normalized spacial score (nSPS) is 15.9. The second-order valence-corrected chi connectivity index (χ2v) is 11.6. The summed E-state index contributed by atoms with van der Waals surface area (Å²) >= 11 is 0. The third-order valence-corrected chi connectivity index (χ3v) is 8.05. The summed E-state index contributed by atoms with van der Waals surface area (Å²) in [5.41, 5.74) is 5.92. The Morgan fingerprint density at radius 3 is 1.82 bits per heavy atom. The lowest BCUT2D eigenvalue weighted by Crippen LogP contribution is -2.17. The summed E-state index contributed by atoms with van der Waals surface area (Å²) in [5, 5.41) is 9.30. The quantitative estimate of drug-likeness (QED) is 0.128. The van der Waals surface area contributed by atoms with Gasteiger partial charge in [-0.25, -0.2) is 14.4 Å². The summed E-state index contributed by atoms with van der Waals surface area (Å²) in [6.07, 6.45) is 4.71. The largest absolute Gasteiger partial charge is 0.462 e. The molecule has 0 radical (unpaired) electrons. The Morgan fingerprint density at radius 2 is 1.24 bits per heavy atom. The molecule has 1 fully saturated rings. The van der Waals surface area contributed by atoms with Gasteiger partial charge in [0, 0.05) is 11.1 Å². The standard InChI is InChI=1S/C38H40O7/c1-24(2)36(40)43-21-20-27-6-8-31(9-7-27)35-22-33(45-38(42)26(5)23-39)18-19-34(35)30-12-10-28(11-13-30)29-14-16-32(17-15-29)44-37(41)25(3)4/h10-19,22,27,31,39H,1,3,5-9,20-21,23H2,2,4H3. The van der Waals surface area contributed by atoms with Crippen molar-refractivity contribution in [3.05, 3.63) is 109 Å². The van der Waals surface area contributed by atoms with Gasteiger partial charge in [0.25, 0.3) is 0 Å². The molecule has 0 saturated heterocycles. The minimum absolute atomic E-state index is 0.00825. The molecule has 1 aliphatic rings. The van der Waals surface area contributed by atoms with Crippen LogP contribution in [0.25, 0.3) is 22.3 Å². The molecule has 45 heavy (non-hydrogen) atoms. The Bertz CT molecular complexity index is 1570. The van der Waals surface area contributed by atoms with Gasteiger partial charge in [0.1, 0.15) is 11.5 Å². The number of aliphatic hydroxyl groups is 1. The van der Waals surface area contributed by atoms with Crippen LogP contribution in [-0.4, -0.2) is 36.2 Å². The molecule has 0 aromatic heterocycles. The molecular formula is C38H40O7. The zero-order chi connectivity index (χ0) is 32.5. The molecule has 234 valence electrons. The van der Waals surface area contributed by atoms with Gasteiger partial charge in [-0.3, -0.25) is 0 Å². The lowest BCUT2D eigenvalue weighted by atomic mass is 9.76. The monoisotopic (exact) mass is 608 g/mol. The number of aliphatic hydroxyl groups excluding tert-OH is 1. The fourth-order valence-corrected chi connectivity index (χ4v) is 5.40. The highest BCUT2D eigenvalue weighted by Gasteiger charge is 2.26. The first-order chi connectivity index (χ1) is 21.5. The van der Waals surface area contributed by atoms with Gasteiger partial charge in [-0.1, -0.05) is 62.2 Å². The molecule has 0 unspecified atom stereocenters. The Balaban J connectivity index is 1.52. The first kappa shape index (κ1) is 33.1. The lowest BCUT2D eigenvalue weighted by molar-refractivity contribution is -0.139. The topological polar surface area (TPSA) is 99.1 Å². The minimum atomic E-state index is -0.658. The van der Waals surface area contributed by atoms with Crippen LogP contribution in [-0.2, 0) is 19.1 Å². The van der Waals surface area contributed by atoms with Crippen LogP contribution in [0.15, 0.2) is 103 Å². The fourth-order valence-electron chi connectivity index (χ4n) is 5.40. The van der Waals surface area contributed by atoms with Crippen molar-refractivity contribution in [2.45, 2.75) is 51.9 Å². The minimum Gasteiger partial charge on any atom is -0.462 e. The highest BCUT2D eigenvalue weighted by Crippen LogP contribution is 2.42. The van der Waals surface area contributed by atoms with E-state index >= 15 is 0 Å². The van der Waals surface area contributed by atoms with E-state index in [1.807, 2.05) is 24.3 Å². The third kappa shape index (κ3) is 8.89. The van der Waals surface area contributed by atoms with Crippen LogP contribution in [0.4, 0.5) is 0 Å². The molecule has 1 saturated carbocycles. The van der Waals surface area contributed by atoms with Crippen molar-refractivity contribution in [2.24, 2.45) is 5.92 Å². The second kappa shape index (κ2) is 15.3. The molecule has 3 aromatic carbocycles. The van der Waals surface area contributed by atoms with Gasteiger partial charge < -0.3 is 19.3 Å². The van der Waals surface area contributed by atoms with E-state index in [9.17, 15) is 19.5 Å². The molecule has 4 rings (SSSR count). The van der Waals surface area contributed by atoms with Gasteiger partial charge in [0.15, 0.2) is 0 Å². The van der Waals surface area contributed by atoms with E-state index in [-0.39, 0.29) is 17.5 Å². The average Bonchev–Trinajstić information content (AvgIpc) is 3.05. The fraction of sp³-hybridized carbons (Fsp3) is 0.289. The van der Waals surface area contributed by atoms with E-state index in [1.165, 1.54) is 0 Å². The molecule has 7 nitrogen and oxygen atoms in total. The van der Waals surface area contributed by atoms with Gasteiger partial charge in [-0.05, 0) is 110 Å². The van der Waals surface area contributed by atoms with Gasteiger partial charge in [-0.15, -0.1) is 0 Å². The summed E-state index contributed by atoms with van der Waals surface area (Å²) in [7, 11) is 0. The SMILES string of the molecule is C=C(C)C(=O)OCCC1CCC(c2cc(OC(=O)C(=C)CO)ccc2-c2ccc(-c3ccc(OC(=O)C(=C)C)cc3)cc2)CC1. The molecule has 1 N–H and O–H groups in total. The maximum absolute atomic E-state index is 12.3. The van der Waals surface area contributed by atoms with Crippen LogP contribution >= 0.6 is 0 Å². The van der Waals surface area contributed by atoms with Gasteiger partial charge >= 0.3 is 17.9 Å². The summed E-state index contributed by atoms with van der Waals surface area (Å²) in [6.45, 7) is 14.0. The highest BCUT2D eigenvalue weighted by atomic mass is 16.5. The van der Waals surface area contributed by atoms with Crippen LogP contribution in [0.3, 0.4) is 0 Å². The third-order valence-electron chi connectivity index (χ3n) is 8.05. The number of rotatable bonds is 12. The Morgan fingerprint density at radius 1 is 0.711 bits per heavy atom.